The van der Waals surface area contributed by atoms with Crippen molar-refractivity contribution in [3.05, 3.63) is 77.5 Å². The molecule has 1 aliphatic heterocycles. The van der Waals surface area contributed by atoms with Crippen molar-refractivity contribution in [3.8, 4) is 11.6 Å². The van der Waals surface area contributed by atoms with E-state index >= 15 is 0 Å². The monoisotopic (exact) mass is 954 g/mol. The minimum atomic E-state index is -5.20. The van der Waals surface area contributed by atoms with Crippen LogP contribution in [0.25, 0.3) is 11.8 Å². The number of esters is 1. The number of aromatic nitrogens is 2. The molecule has 29 heteroatoms. The van der Waals surface area contributed by atoms with E-state index in [1.54, 1.807) is 0 Å². The van der Waals surface area contributed by atoms with Gasteiger partial charge >= 0.3 is 212 Å². The fourth-order valence-electron chi connectivity index (χ4n) is 4.26. The summed E-state index contributed by atoms with van der Waals surface area (Å²) < 4.78 is 85.5. The molecule has 0 radical (unpaired) electrons. The summed E-state index contributed by atoms with van der Waals surface area (Å²) in [4.78, 5) is 36.0. The van der Waals surface area contributed by atoms with Crippen LogP contribution in [0.1, 0.15) is 23.0 Å². The van der Waals surface area contributed by atoms with Crippen LogP contribution in [-0.2, 0) is 53.3 Å². The number of carbonyl (C=O) groups excluding carboxylic acids is 3. The van der Waals surface area contributed by atoms with Gasteiger partial charge < -0.3 is 29.5 Å². The summed E-state index contributed by atoms with van der Waals surface area (Å²) in [5.41, 5.74) is -2.85. The Labute approximate surface area is 496 Å². The largest absolute Gasteiger partial charge is 1.00 e. The fourth-order valence-corrected chi connectivity index (χ4v) is 6.31. The van der Waals surface area contributed by atoms with Gasteiger partial charge in [0, 0.05) is 9.79 Å². The molecular weight excluding hydrogens is 937 g/mol. The molecule has 3 aromatic rings. The summed E-state index contributed by atoms with van der Waals surface area (Å²) in [5, 5.41) is 46.2. The molecule has 0 aliphatic carbocycles. The SMILES string of the molecule is CCOC(=O)c1nn(-c2cc(SOO[O-])ccc2S(=O)(=O)[O-])c(O)c1/C=C/C=C/C=C1/C(=O)N(c2cc(SOO[O-])ccc2S(=O)(=O)[O-])N=C1C=O.[K+].[K+].[K+].[K+]. The topological polar surface area (TPSA) is 312 Å². The Balaban J connectivity index is 0.00000756. The quantitative estimate of drug-likeness (QED) is 0.0160. The Hall–Kier alpha value is 1.78. The zero-order valence-corrected chi connectivity index (χ0v) is 45.3. The summed E-state index contributed by atoms with van der Waals surface area (Å²) in [5.74, 6) is -2.98. The van der Waals surface area contributed by atoms with Crippen molar-refractivity contribution in [2.45, 2.75) is 26.5 Å². The molecule has 0 atom stereocenters. The van der Waals surface area contributed by atoms with Crippen LogP contribution in [0, 0.1) is 0 Å². The Morgan fingerprint density at radius 3 is 1.91 bits per heavy atom. The van der Waals surface area contributed by atoms with Crippen molar-refractivity contribution in [2.75, 3.05) is 11.6 Å². The number of aldehydes is 1. The molecule has 1 aromatic heterocycles. The third kappa shape index (κ3) is 15.2. The minimum absolute atomic E-state index is 0. The molecule has 0 bridgehead atoms. The number of hydrogen-bond acceptors (Lipinski definition) is 21. The number of benzene rings is 2. The summed E-state index contributed by atoms with van der Waals surface area (Å²) in [6.45, 7) is 1.33. The van der Waals surface area contributed by atoms with Crippen LogP contribution in [0.5, 0.6) is 5.88 Å². The number of aromatic hydroxyl groups is 1. The molecule has 0 saturated heterocycles. The number of hydrazone groups is 1. The molecule has 0 unspecified atom stereocenters. The van der Waals surface area contributed by atoms with Crippen molar-refractivity contribution in [1.29, 1.82) is 0 Å². The van der Waals surface area contributed by atoms with Crippen LogP contribution in [-0.4, -0.2) is 71.3 Å². The first-order valence-electron chi connectivity index (χ1n) is 13.6. The number of anilines is 1. The van der Waals surface area contributed by atoms with E-state index in [0.29, 0.717) is 33.8 Å². The first-order valence-corrected chi connectivity index (χ1v) is 17.9. The van der Waals surface area contributed by atoms with Gasteiger partial charge in [-0.25, -0.2) is 21.6 Å². The predicted molar refractivity (Wildman–Crippen MR) is 167 cm³/mol. The normalized spacial score (nSPS) is 13.5. The van der Waals surface area contributed by atoms with Crippen LogP contribution in [0.15, 0.2) is 91.0 Å². The molecule has 0 saturated carbocycles. The number of nitrogens with zero attached hydrogens (tertiary/aromatic N) is 4. The second kappa shape index (κ2) is 27.1. The predicted octanol–water partition coefficient (Wildman–Crippen LogP) is -11.9. The number of carbonyl (C=O) groups is 3. The van der Waals surface area contributed by atoms with Gasteiger partial charge in [-0.05, 0) is 55.5 Å². The van der Waals surface area contributed by atoms with Gasteiger partial charge in [-0.2, -0.15) is 28.6 Å². The molecule has 1 N–H and O–H groups in total. The molecule has 21 nitrogen and oxygen atoms in total. The zero-order chi connectivity index (χ0) is 38.2. The molecule has 1 amide bonds. The van der Waals surface area contributed by atoms with Crippen molar-refractivity contribution in [2.24, 2.45) is 5.10 Å². The first kappa shape index (κ1) is 57.8. The summed E-state index contributed by atoms with van der Waals surface area (Å²) in [7, 11) is -10.4. The molecule has 276 valence electrons. The second-order valence-corrected chi connectivity index (χ2v) is 13.6. The number of amides is 1. The number of rotatable bonds is 16. The van der Waals surface area contributed by atoms with E-state index in [-0.39, 0.29) is 239 Å². The first-order chi connectivity index (χ1) is 24.7. The molecule has 4 rings (SSSR count). The van der Waals surface area contributed by atoms with Crippen LogP contribution >= 0.6 is 24.1 Å². The standard InChI is InChI=1S/C27H22N4O17S4.4K/c1-2-44-27(35)24-18(26(34)31(29-24)21-13-16(50-48-46-37)9-11-23(21)52(41,42)43)7-5-3-4-6-17-19(14-32)28-30(25(17)33)20-12-15(49-47-45-36)8-10-22(20)51(38,39)40;;;;/h3-14,34,36-37H,2H2,1H3,(H,38,39,40)(H,41,42,43);;;;/q;4*+1/p-4/b4-3+,7-5+,17-6+;;;;. The summed E-state index contributed by atoms with van der Waals surface area (Å²) in [6.07, 6.45) is 5.98. The maximum absolute atomic E-state index is 13.2. The average molecular weight is 955 g/mol. The Kier molecular flexibility index (Phi) is 27.9. The smallest absolute Gasteiger partial charge is 0.744 e. The third-order valence-corrected chi connectivity index (χ3v) is 9.21. The minimum Gasteiger partial charge on any atom is -0.744 e. The Morgan fingerprint density at radius 1 is 0.875 bits per heavy atom. The Morgan fingerprint density at radius 2 is 1.41 bits per heavy atom. The van der Waals surface area contributed by atoms with Crippen molar-refractivity contribution in [3.63, 3.8) is 0 Å². The molecule has 0 spiro atoms. The second-order valence-electron chi connectivity index (χ2n) is 9.37. The molecule has 56 heavy (non-hydrogen) atoms. The van der Waals surface area contributed by atoms with Gasteiger partial charge in [0.15, 0.2) is 12.0 Å². The van der Waals surface area contributed by atoms with Gasteiger partial charge in [0.05, 0.1) is 63.0 Å². The van der Waals surface area contributed by atoms with Gasteiger partial charge in [-0.1, -0.05) is 18.2 Å². The van der Waals surface area contributed by atoms with Crippen LogP contribution in [0.2, 0.25) is 0 Å². The van der Waals surface area contributed by atoms with E-state index < -0.39 is 70.6 Å². The van der Waals surface area contributed by atoms with E-state index in [1.165, 1.54) is 25.2 Å². The third-order valence-electron chi connectivity index (χ3n) is 6.30. The molecular formula is C27H18K4N4O17S4. The number of hydrogen-bond donors (Lipinski definition) is 1. The van der Waals surface area contributed by atoms with E-state index in [1.807, 2.05) is 0 Å². The zero-order valence-electron chi connectivity index (χ0n) is 29.5. The van der Waals surface area contributed by atoms with E-state index in [4.69, 9.17) is 4.74 Å². The van der Waals surface area contributed by atoms with Gasteiger partial charge in [-0.3, -0.25) is 19.7 Å². The molecule has 2 aromatic carbocycles. The van der Waals surface area contributed by atoms with Crippen LogP contribution in [0.4, 0.5) is 5.69 Å². The van der Waals surface area contributed by atoms with Gasteiger partial charge in [0.25, 0.3) is 5.91 Å². The Bertz CT molecular complexity index is 2250. The maximum Gasteiger partial charge on any atom is 1.00 e. The summed E-state index contributed by atoms with van der Waals surface area (Å²) >= 11 is 0.637. The van der Waals surface area contributed by atoms with E-state index in [0.717, 1.165) is 48.6 Å². The number of allylic oxidation sites excluding steroid dienone is 4. The average Bonchev–Trinajstić information content (AvgIpc) is 3.60. The molecule has 1 aliphatic rings. The maximum atomic E-state index is 13.2. The van der Waals surface area contributed by atoms with Crippen LogP contribution in [0.3, 0.4) is 0 Å². The van der Waals surface area contributed by atoms with Gasteiger partial charge in [0.2, 0.25) is 5.88 Å². The van der Waals surface area contributed by atoms with E-state index in [2.05, 4.69) is 28.9 Å². The van der Waals surface area contributed by atoms with Gasteiger partial charge in [0.1, 0.15) is 25.9 Å². The van der Waals surface area contributed by atoms with Gasteiger partial charge in [-0.15, -0.1) is 0 Å². The number of ether oxygens (including phenoxy) is 1. The van der Waals surface area contributed by atoms with Crippen molar-refractivity contribution >= 4 is 80.0 Å². The summed E-state index contributed by atoms with van der Waals surface area (Å²) in [6, 6.07) is 5.77. The molecule has 2 heterocycles. The fraction of sp³-hybridized carbons (Fsp3) is 0.0741. The molecule has 0 fully saturated rings. The van der Waals surface area contributed by atoms with Crippen molar-refractivity contribution in [1.82, 2.24) is 9.78 Å². The van der Waals surface area contributed by atoms with Crippen molar-refractivity contribution < 1.29 is 285 Å². The van der Waals surface area contributed by atoms with Crippen LogP contribution < -0.4 is 221 Å². The van der Waals surface area contributed by atoms with E-state index in [9.17, 15) is 55.9 Å².